The molecule has 1 amide bonds. The fraction of sp³-hybridized carbons (Fsp3) is 0.286. The Morgan fingerprint density at radius 1 is 1.33 bits per heavy atom. The van der Waals surface area contributed by atoms with Crippen molar-refractivity contribution in [1.82, 2.24) is 14.7 Å². The van der Waals surface area contributed by atoms with Gasteiger partial charge >= 0.3 is 0 Å². The van der Waals surface area contributed by atoms with Gasteiger partial charge in [-0.25, -0.2) is 0 Å². The van der Waals surface area contributed by atoms with Crippen molar-refractivity contribution in [3.8, 4) is 0 Å². The maximum atomic E-state index is 12.2. The molecular weight excluding hydrogens is 226 g/mol. The average Bonchev–Trinajstić information content (AvgIpc) is 2.92. The van der Waals surface area contributed by atoms with E-state index in [1.807, 2.05) is 50.4 Å². The van der Waals surface area contributed by atoms with Crippen molar-refractivity contribution >= 4 is 5.91 Å². The van der Waals surface area contributed by atoms with Crippen LogP contribution in [0.25, 0.3) is 0 Å². The van der Waals surface area contributed by atoms with E-state index in [9.17, 15) is 4.79 Å². The molecule has 0 aliphatic rings. The molecule has 0 saturated heterocycles. The lowest BCUT2D eigenvalue weighted by Crippen LogP contribution is -2.32. The molecule has 0 spiro atoms. The number of aromatic nitrogens is 2. The number of benzene rings is 1. The number of carbonyl (C=O) groups is 1. The van der Waals surface area contributed by atoms with Crippen LogP contribution in [0, 0.1) is 0 Å². The number of nitrogens with zero attached hydrogens (tertiary/aromatic N) is 3. The first kappa shape index (κ1) is 12.4. The van der Waals surface area contributed by atoms with Crippen molar-refractivity contribution < 1.29 is 4.79 Å². The minimum Gasteiger partial charge on any atom is -0.340 e. The summed E-state index contributed by atoms with van der Waals surface area (Å²) in [5.74, 6) is 0.0579. The number of likely N-dealkylation sites (N-methyl/N-ethyl adjacent to an activating group) is 1. The van der Waals surface area contributed by atoms with E-state index in [4.69, 9.17) is 0 Å². The summed E-state index contributed by atoms with van der Waals surface area (Å²) in [6.45, 7) is 2.47. The normalized spacial score (nSPS) is 12.1. The van der Waals surface area contributed by atoms with Crippen LogP contribution in [0.1, 0.15) is 18.5 Å². The van der Waals surface area contributed by atoms with Gasteiger partial charge in [0.1, 0.15) is 6.04 Å². The van der Waals surface area contributed by atoms with Gasteiger partial charge in [0, 0.05) is 26.0 Å². The second-order valence-electron chi connectivity index (χ2n) is 4.34. The van der Waals surface area contributed by atoms with Crippen molar-refractivity contribution in [3.05, 3.63) is 54.4 Å². The Morgan fingerprint density at radius 3 is 2.67 bits per heavy atom. The molecular formula is C14H17N3O. The van der Waals surface area contributed by atoms with Gasteiger partial charge in [-0.05, 0) is 18.6 Å². The molecule has 0 fully saturated rings. The van der Waals surface area contributed by atoms with E-state index in [0.29, 0.717) is 6.54 Å². The molecule has 1 heterocycles. The first-order valence-corrected chi connectivity index (χ1v) is 5.96. The van der Waals surface area contributed by atoms with Crippen molar-refractivity contribution in [2.75, 3.05) is 7.05 Å². The van der Waals surface area contributed by atoms with Gasteiger partial charge < -0.3 is 4.90 Å². The molecule has 1 unspecified atom stereocenters. The molecule has 4 nitrogen and oxygen atoms in total. The highest BCUT2D eigenvalue weighted by atomic mass is 16.2. The zero-order valence-corrected chi connectivity index (χ0v) is 10.7. The number of carbonyl (C=O) groups excluding carboxylic acids is 1. The molecule has 0 aliphatic carbocycles. The fourth-order valence-electron chi connectivity index (χ4n) is 1.88. The van der Waals surface area contributed by atoms with E-state index < -0.39 is 0 Å². The van der Waals surface area contributed by atoms with Crippen molar-refractivity contribution in [1.29, 1.82) is 0 Å². The molecule has 0 aliphatic heterocycles. The van der Waals surface area contributed by atoms with E-state index >= 15 is 0 Å². The first-order chi connectivity index (χ1) is 8.68. The predicted molar refractivity (Wildman–Crippen MR) is 69.9 cm³/mol. The first-order valence-electron chi connectivity index (χ1n) is 5.96. The number of rotatable bonds is 4. The van der Waals surface area contributed by atoms with Gasteiger partial charge in [0.15, 0.2) is 0 Å². The van der Waals surface area contributed by atoms with E-state index in [1.54, 1.807) is 22.0 Å². The summed E-state index contributed by atoms with van der Waals surface area (Å²) in [6.07, 6.45) is 3.49. The Balaban J connectivity index is 2.01. The lowest BCUT2D eigenvalue weighted by atomic mass is 10.2. The van der Waals surface area contributed by atoms with Gasteiger partial charge in [0.2, 0.25) is 5.91 Å². The van der Waals surface area contributed by atoms with Crippen LogP contribution in [-0.4, -0.2) is 27.6 Å². The summed E-state index contributed by atoms with van der Waals surface area (Å²) in [5.41, 5.74) is 1.13. The summed E-state index contributed by atoms with van der Waals surface area (Å²) < 4.78 is 1.67. The number of hydrogen-bond acceptors (Lipinski definition) is 2. The summed E-state index contributed by atoms with van der Waals surface area (Å²) >= 11 is 0. The zero-order chi connectivity index (χ0) is 13.0. The third-order valence-corrected chi connectivity index (χ3v) is 2.92. The van der Waals surface area contributed by atoms with Crippen LogP contribution in [0.3, 0.4) is 0 Å². The second-order valence-corrected chi connectivity index (χ2v) is 4.34. The van der Waals surface area contributed by atoms with Crippen molar-refractivity contribution in [2.24, 2.45) is 0 Å². The van der Waals surface area contributed by atoms with E-state index in [-0.39, 0.29) is 11.9 Å². The predicted octanol–water partition coefficient (Wildman–Crippen LogP) is 2.10. The highest BCUT2D eigenvalue weighted by Gasteiger charge is 2.19. The molecule has 1 aromatic carbocycles. The quantitative estimate of drug-likeness (QED) is 0.824. The molecule has 2 aromatic rings. The van der Waals surface area contributed by atoms with Crippen LogP contribution in [0.2, 0.25) is 0 Å². The Labute approximate surface area is 107 Å². The molecule has 94 valence electrons. The van der Waals surface area contributed by atoms with Crippen LogP contribution >= 0.6 is 0 Å². The van der Waals surface area contributed by atoms with Gasteiger partial charge in [-0.3, -0.25) is 9.48 Å². The molecule has 1 atom stereocenters. The standard InChI is InChI=1S/C14H17N3O/c1-12(17-10-6-9-15-17)14(18)16(2)11-13-7-4-3-5-8-13/h3-10,12H,11H2,1-2H3. The Kier molecular flexibility index (Phi) is 3.77. The van der Waals surface area contributed by atoms with Gasteiger partial charge in [-0.2, -0.15) is 5.10 Å². The summed E-state index contributed by atoms with van der Waals surface area (Å²) in [4.78, 5) is 13.9. The molecule has 1 aromatic heterocycles. The number of amides is 1. The van der Waals surface area contributed by atoms with Crippen LogP contribution in [0.4, 0.5) is 0 Å². The summed E-state index contributed by atoms with van der Waals surface area (Å²) in [6, 6.07) is 11.5. The Hall–Kier alpha value is -2.10. The topological polar surface area (TPSA) is 38.1 Å². The highest BCUT2D eigenvalue weighted by Crippen LogP contribution is 2.10. The highest BCUT2D eigenvalue weighted by molar-refractivity contribution is 5.79. The number of hydrogen-bond donors (Lipinski definition) is 0. The van der Waals surface area contributed by atoms with Crippen LogP contribution in [-0.2, 0) is 11.3 Å². The van der Waals surface area contributed by atoms with Gasteiger partial charge in [0.05, 0.1) is 0 Å². The molecule has 0 bridgehead atoms. The van der Waals surface area contributed by atoms with Crippen LogP contribution in [0.15, 0.2) is 48.8 Å². The monoisotopic (exact) mass is 243 g/mol. The third-order valence-electron chi connectivity index (χ3n) is 2.92. The largest absolute Gasteiger partial charge is 0.340 e. The smallest absolute Gasteiger partial charge is 0.247 e. The van der Waals surface area contributed by atoms with E-state index in [2.05, 4.69) is 5.10 Å². The fourth-order valence-corrected chi connectivity index (χ4v) is 1.88. The maximum Gasteiger partial charge on any atom is 0.247 e. The zero-order valence-electron chi connectivity index (χ0n) is 10.7. The van der Waals surface area contributed by atoms with Crippen molar-refractivity contribution in [2.45, 2.75) is 19.5 Å². The molecule has 18 heavy (non-hydrogen) atoms. The molecule has 4 heteroatoms. The van der Waals surface area contributed by atoms with E-state index in [0.717, 1.165) is 5.56 Å². The van der Waals surface area contributed by atoms with Crippen molar-refractivity contribution in [3.63, 3.8) is 0 Å². The van der Waals surface area contributed by atoms with Gasteiger partial charge in [0.25, 0.3) is 0 Å². The Morgan fingerprint density at radius 2 is 2.06 bits per heavy atom. The molecule has 2 rings (SSSR count). The average molecular weight is 243 g/mol. The van der Waals surface area contributed by atoms with Gasteiger partial charge in [-0.1, -0.05) is 30.3 Å². The SMILES string of the molecule is CC(C(=O)N(C)Cc1ccccc1)n1cccn1. The third kappa shape index (κ3) is 2.77. The van der Waals surface area contributed by atoms with E-state index in [1.165, 1.54) is 0 Å². The lowest BCUT2D eigenvalue weighted by Gasteiger charge is -2.21. The maximum absolute atomic E-state index is 12.2. The summed E-state index contributed by atoms with van der Waals surface area (Å²) in [5, 5.41) is 4.10. The molecule has 0 radical (unpaired) electrons. The minimum atomic E-state index is -0.270. The van der Waals surface area contributed by atoms with Gasteiger partial charge in [-0.15, -0.1) is 0 Å². The summed E-state index contributed by atoms with van der Waals surface area (Å²) in [7, 11) is 1.81. The minimum absolute atomic E-state index is 0.0579. The van der Waals surface area contributed by atoms with Crippen LogP contribution in [0.5, 0.6) is 0 Å². The lowest BCUT2D eigenvalue weighted by molar-refractivity contribution is -0.133. The second kappa shape index (κ2) is 5.49. The molecule has 0 N–H and O–H groups in total. The van der Waals surface area contributed by atoms with Crippen LogP contribution < -0.4 is 0 Å². The Bertz CT molecular complexity index is 493. The molecule has 0 saturated carbocycles.